The lowest BCUT2D eigenvalue weighted by molar-refractivity contribution is 0.332. The summed E-state index contributed by atoms with van der Waals surface area (Å²) < 4.78 is 5.38. The summed E-state index contributed by atoms with van der Waals surface area (Å²) in [6, 6.07) is 7.10. The van der Waals surface area contributed by atoms with Crippen molar-refractivity contribution in [3.05, 3.63) is 40.1 Å². The van der Waals surface area contributed by atoms with Crippen molar-refractivity contribution >= 4 is 0 Å². The van der Waals surface area contributed by atoms with Gasteiger partial charge in [0.2, 0.25) is 5.43 Å². The molecule has 2 nitrogen and oxygen atoms in total. The number of hydrogen-bond acceptors (Lipinski definition) is 2. The van der Waals surface area contributed by atoms with Crippen LogP contribution in [0.4, 0.5) is 0 Å². The van der Waals surface area contributed by atoms with E-state index < -0.39 is 0 Å². The molecule has 0 aromatic heterocycles. The van der Waals surface area contributed by atoms with Crippen LogP contribution >= 0.6 is 0 Å². The molecular weight excluding hydrogens is 176 g/mol. The van der Waals surface area contributed by atoms with Gasteiger partial charge in [-0.15, -0.1) is 0 Å². The molecule has 0 aliphatic heterocycles. The zero-order chi connectivity index (χ0) is 10.6. The van der Waals surface area contributed by atoms with Crippen LogP contribution in [0.5, 0.6) is 5.75 Å². The second-order valence-electron chi connectivity index (χ2n) is 3.45. The number of rotatable bonds is 3. The molecule has 0 atom stereocenters. The third-order valence-corrected chi connectivity index (χ3v) is 2.03. The van der Waals surface area contributed by atoms with Gasteiger partial charge in [-0.25, -0.2) is 0 Å². The SMILES string of the molecule is CCOc1c(C(C)C)ccccc1=O. The van der Waals surface area contributed by atoms with E-state index in [1.807, 2.05) is 19.1 Å². The highest BCUT2D eigenvalue weighted by atomic mass is 16.5. The third-order valence-electron chi connectivity index (χ3n) is 2.03. The summed E-state index contributed by atoms with van der Waals surface area (Å²) in [5.74, 6) is 0.796. The van der Waals surface area contributed by atoms with Gasteiger partial charge in [-0.1, -0.05) is 32.0 Å². The minimum atomic E-state index is -0.0412. The third kappa shape index (κ3) is 2.34. The predicted molar refractivity (Wildman–Crippen MR) is 58.0 cm³/mol. The van der Waals surface area contributed by atoms with Gasteiger partial charge in [-0.2, -0.15) is 0 Å². The number of hydrogen-bond donors (Lipinski definition) is 0. The van der Waals surface area contributed by atoms with Crippen LogP contribution in [-0.2, 0) is 0 Å². The maximum Gasteiger partial charge on any atom is 0.220 e. The second kappa shape index (κ2) is 4.80. The molecule has 14 heavy (non-hydrogen) atoms. The molecule has 0 saturated carbocycles. The maximum atomic E-state index is 11.6. The van der Waals surface area contributed by atoms with Gasteiger partial charge >= 0.3 is 0 Å². The van der Waals surface area contributed by atoms with Gasteiger partial charge in [0.15, 0.2) is 5.75 Å². The van der Waals surface area contributed by atoms with E-state index >= 15 is 0 Å². The molecule has 76 valence electrons. The Kier molecular flexibility index (Phi) is 3.69. The minimum Gasteiger partial charge on any atom is -0.489 e. The molecule has 0 unspecified atom stereocenters. The van der Waals surface area contributed by atoms with Gasteiger partial charge in [0, 0.05) is 5.56 Å². The Labute approximate surface area is 84.5 Å². The van der Waals surface area contributed by atoms with E-state index in [1.54, 1.807) is 6.07 Å². The van der Waals surface area contributed by atoms with Crippen LogP contribution in [0.2, 0.25) is 0 Å². The maximum absolute atomic E-state index is 11.6. The summed E-state index contributed by atoms with van der Waals surface area (Å²) in [6.07, 6.45) is 0. The van der Waals surface area contributed by atoms with Gasteiger partial charge < -0.3 is 4.74 Å². The van der Waals surface area contributed by atoms with Crippen LogP contribution in [0.1, 0.15) is 32.3 Å². The summed E-state index contributed by atoms with van der Waals surface area (Å²) in [6.45, 7) is 6.52. The fourth-order valence-electron chi connectivity index (χ4n) is 1.35. The van der Waals surface area contributed by atoms with E-state index in [4.69, 9.17) is 4.74 Å². The van der Waals surface area contributed by atoms with Crippen LogP contribution in [0.15, 0.2) is 29.1 Å². The summed E-state index contributed by atoms with van der Waals surface area (Å²) in [5.41, 5.74) is 0.933. The Morgan fingerprint density at radius 3 is 2.50 bits per heavy atom. The average molecular weight is 192 g/mol. The lowest BCUT2D eigenvalue weighted by Gasteiger charge is -2.08. The summed E-state index contributed by atoms with van der Waals surface area (Å²) in [4.78, 5) is 11.6. The molecule has 0 heterocycles. The molecule has 2 heteroatoms. The van der Waals surface area contributed by atoms with Crippen LogP contribution in [-0.4, -0.2) is 6.61 Å². The first-order chi connectivity index (χ1) is 6.66. The molecule has 0 aliphatic rings. The Balaban J connectivity index is 3.34. The van der Waals surface area contributed by atoms with E-state index in [0.717, 1.165) is 5.56 Å². The second-order valence-corrected chi connectivity index (χ2v) is 3.45. The Bertz CT molecular complexity index is 356. The minimum absolute atomic E-state index is 0.0412. The van der Waals surface area contributed by atoms with E-state index in [2.05, 4.69) is 13.8 Å². The first-order valence-electron chi connectivity index (χ1n) is 4.92. The Morgan fingerprint density at radius 2 is 1.93 bits per heavy atom. The predicted octanol–water partition coefficient (Wildman–Crippen LogP) is 2.57. The summed E-state index contributed by atoms with van der Waals surface area (Å²) in [7, 11) is 0. The molecule has 1 aromatic carbocycles. The molecule has 0 amide bonds. The zero-order valence-corrected chi connectivity index (χ0v) is 8.91. The molecular formula is C12H16O2. The van der Waals surface area contributed by atoms with Crippen LogP contribution in [0.25, 0.3) is 0 Å². The van der Waals surface area contributed by atoms with Crippen molar-refractivity contribution < 1.29 is 4.74 Å². The largest absolute Gasteiger partial charge is 0.489 e. The lowest BCUT2D eigenvalue weighted by Crippen LogP contribution is -2.07. The quantitative estimate of drug-likeness (QED) is 0.735. The first-order valence-corrected chi connectivity index (χ1v) is 4.92. The highest BCUT2D eigenvalue weighted by Gasteiger charge is 2.08. The van der Waals surface area contributed by atoms with Crippen molar-refractivity contribution in [1.29, 1.82) is 0 Å². The van der Waals surface area contributed by atoms with Gasteiger partial charge in [-0.3, -0.25) is 4.79 Å². The first kappa shape index (κ1) is 10.8. The smallest absolute Gasteiger partial charge is 0.220 e. The normalized spacial score (nSPS) is 10.3. The van der Waals surface area contributed by atoms with E-state index in [-0.39, 0.29) is 5.43 Å². The Hall–Kier alpha value is -1.31. The van der Waals surface area contributed by atoms with Crippen LogP contribution in [0.3, 0.4) is 0 Å². The molecule has 0 spiro atoms. The topological polar surface area (TPSA) is 26.3 Å². The van der Waals surface area contributed by atoms with Crippen molar-refractivity contribution in [2.75, 3.05) is 6.61 Å². The molecule has 0 saturated heterocycles. The molecule has 0 aliphatic carbocycles. The van der Waals surface area contributed by atoms with E-state index in [9.17, 15) is 4.79 Å². The van der Waals surface area contributed by atoms with Gasteiger partial charge in [0.25, 0.3) is 0 Å². The molecule has 0 N–H and O–H groups in total. The Morgan fingerprint density at radius 1 is 1.29 bits per heavy atom. The molecule has 0 bridgehead atoms. The van der Waals surface area contributed by atoms with Crippen molar-refractivity contribution in [1.82, 2.24) is 0 Å². The van der Waals surface area contributed by atoms with E-state index in [0.29, 0.717) is 18.3 Å². The molecule has 1 rings (SSSR count). The van der Waals surface area contributed by atoms with Crippen molar-refractivity contribution in [3.8, 4) is 5.75 Å². The lowest BCUT2D eigenvalue weighted by atomic mass is 10.0. The highest BCUT2D eigenvalue weighted by Crippen LogP contribution is 2.21. The van der Waals surface area contributed by atoms with Gasteiger partial charge in [-0.05, 0) is 18.9 Å². The summed E-state index contributed by atoms with van der Waals surface area (Å²) >= 11 is 0. The van der Waals surface area contributed by atoms with Gasteiger partial charge in [0.05, 0.1) is 6.61 Å². The van der Waals surface area contributed by atoms with Crippen molar-refractivity contribution in [2.45, 2.75) is 26.7 Å². The molecule has 0 fully saturated rings. The van der Waals surface area contributed by atoms with Crippen LogP contribution < -0.4 is 10.2 Å². The molecule has 0 radical (unpaired) electrons. The average Bonchev–Trinajstić information content (AvgIpc) is 2.30. The van der Waals surface area contributed by atoms with Gasteiger partial charge in [0.1, 0.15) is 0 Å². The number of ether oxygens (including phenoxy) is 1. The standard InChI is InChI=1S/C12H16O2/c1-4-14-12-10(9(2)3)7-5-6-8-11(12)13/h5-9H,4H2,1-3H3. The van der Waals surface area contributed by atoms with E-state index in [1.165, 1.54) is 6.07 Å². The van der Waals surface area contributed by atoms with Crippen LogP contribution in [0, 0.1) is 0 Å². The fourth-order valence-corrected chi connectivity index (χ4v) is 1.35. The zero-order valence-electron chi connectivity index (χ0n) is 8.91. The fraction of sp³-hybridized carbons (Fsp3) is 0.417. The van der Waals surface area contributed by atoms with Crippen molar-refractivity contribution in [3.63, 3.8) is 0 Å². The van der Waals surface area contributed by atoms with Crippen molar-refractivity contribution in [2.24, 2.45) is 0 Å². The molecule has 1 aromatic rings. The monoisotopic (exact) mass is 192 g/mol. The highest BCUT2D eigenvalue weighted by molar-refractivity contribution is 5.34. The summed E-state index contributed by atoms with van der Waals surface area (Å²) in [5, 5.41) is 0.